The van der Waals surface area contributed by atoms with Crippen molar-refractivity contribution < 1.29 is 4.79 Å². The van der Waals surface area contributed by atoms with Crippen LogP contribution in [0.15, 0.2) is 36.4 Å². The van der Waals surface area contributed by atoms with Crippen molar-refractivity contribution in [3.8, 4) is 17.3 Å². The molecule has 1 unspecified atom stereocenters. The van der Waals surface area contributed by atoms with Gasteiger partial charge in [-0.15, -0.1) is 0 Å². The number of carbonyl (C=O) groups excluding carboxylic acids is 1. The van der Waals surface area contributed by atoms with E-state index in [4.69, 9.17) is 28.5 Å². The normalized spacial score (nSPS) is 17.3. The molecule has 1 fully saturated rings. The van der Waals surface area contributed by atoms with Crippen LogP contribution >= 0.6 is 23.2 Å². The first kappa shape index (κ1) is 15.8. The van der Waals surface area contributed by atoms with Gasteiger partial charge in [0.15, 0.2) is 0 Å². The van der Waals surface area contributed by atoms with Gasteiger partial charge in [-0.05, 0) is 36.8 Å². The number of halogens is 2. The second-order valence-corrected chi connectivity index (χ2v) is 6.15. The fourth-order valence-electron chi connectivity index (χ4n) is 2.85. The summed E-state index contributed by atoms with van der Waals surface area (Å²) in [5.41, 5.74) is 2.09. The molecule has 0 N–H and O–H groups in total. The molecule has 1 aliphatic heterocycles. The Labute approximate surface area is 144 Å². The first-order valence-electron chi connectivity index (χ1n) is 7.21. The molecule has 1 aromatic carbocycles. The number of rotatable bonds is 3. The lowest BCUT2D eigenvalue weighted by Crippen LogP contribution is -2.33. The molecule has 1 aliphatic rings. The van der Waals surface area contributed by atoms with E-state index in [9.17, 15) is 4.79 Å². The highest BCUT2D eigenvalue weighted by Gasteiger charge is 2.33. The Morgan fingerprint density at radius 2 is 2.13 bits per heavy atom. The highest BCUT2D eigenvalue weighted by molar-refractivity contribution is 6.31. The van der Waals surface area contributed by atoms with Crippen molar-refractivity contribution in [3.05, 3.63) is 46.6 Å². The Morgan fingerprint density at radius 3 is 2.87 bits per heavy atom. The lowest BCUT2D eigenvalue weighted by molar-refractivity contribution is -0.117. The molecule has 23 heavy (non-hydrogen) atoms. The number of hydrogen-bond acceptors (Lipinski definition) is 3. The fourth-order valence-corrected chi connectivity index (χ4v) is 3.19. The maximum absolute atomic E-state index is 12.3. The van der Waals surface area contributed by atoms with E-state index in [1.54, 1.807) is 35.2 Å². The summed E-state index contributed by atoms with van der Waals surface area (Å²) >= 11 is 12.1. The van der Waals surface area contributed by atoms with Crippen molar-refractivity contribution in [3.63, 3.8) is 0 Å². The smallest absolute Gasteiger partial charge is 0.227 e. The Morgan fingerprint density at radius 1 is 1.30 bits per heavy atom. The van der Waals surface area contributed by atoms with E-state index in [1.165, 1.54) is 0 Å². The summed E-state index contributed by atoms with van der Waals surface area (Å²) in [6, 6.07) is 12.6. The van der Waals surface area contributed by atoms with Crippen molar-refractivity contribution in [2.75, 3.05) is 4.90 Å². The van der Waals surface area contributed by atoms with E-state index in [-0.39, 0.29) is 11.9 Å². The summed E-state index contributed by atoms with van der Waals surface area (Å²) in [6.07, 6.45) is 1.42. The van der Waals surface area contributed by atoms with Gasteiger partial charge in [0.25, 0.3) is 0 Å². The van der Waals surface area contributed by atoms with Crippen molar-refractivity contribution in [2.24, 2.45) is 0 Å². The number of amides is 1. The molecule has 0 bridgehead atoms. The maximum Gasteiger partial charge on any atom is 0.227 e. The number of nitrogens with zero attached hydrogens (tertiary/aromatic N) is 3. The van der Waals surface area contributed by atoms with Gasteiger partial charge in [0.2, 0.25) is 5.91 Å². The average Bonchev–Trinajstić information content (AvgIpc) is 2.88. The second kappa shape index (κ2) is 6.57. The molecule has 1 atom stereocenters. The molecule has 0 saturated carbocycles. The largest absolute Gasteiger partial charge is 0.308 e. The molecule has 0 aliphatic carbocycles. The van der Waals surface area contributed by atoms with E-state index in [0.717, 1.165) is 5.56 Å². The van der Waals surface area contributed by atoms with Gasteiger partial charge in [0.05, 0.1) is 29.9 Å². The van der Waals surface area contributed by atoms with Crippen LogP contribution < -0.4 is 4.90 Å². The first-order valence-corrected chi connectivity index (χ1v) is 7.97. The zero-order valence-electron chi connectivity index (χ0n) is 12.2. The molecule has 116 valence electrons. The van der Waals surface area contributed by atoms with Crippen LogP contribution in [0.1, 0.15) is 19.3 Å². The molecule has 0 radical (unpaired) electrons. The van der Waals surface area contributed by atoms with Crippen molar-refractivity contribution in [1.82, 2.24) is 4.98 Å². The third-order valence-corrected chi connectivity index (χ3v) is 4.31. The van der Waals surface area contributed by atoms with E-state index < -0.39 is 0 Å². The van der Waals surface area contributed by atoms with Crippen LogP contribution in [0.25, 0.3) is 11.3 Å². The lowest BCUT2D eigenvalue weighted by Gasteiger charge is -2.25. The average molecular weight is 346 g/mol. The van der Waals surface area contributed by atoms with E-state index in [2.05, 4.69) is 11.1 Å². The van der Waals surface area contributed by atoms with Crippen molar-refractivity contribution >= 4 is 34.8 Å². The van der Waals surface area contributed by atoms with Gasteiger partial charge in [-0.25, -0.2) is 4.98 Å². The summed E-state index contributed by atoms with van der Waals surface area (Å²) < 4.78 is 0. The molecule has 4 nitrogen and oxygen atoms in total. The lowest BCUT2D eigenvalue weighted by atomic mass is 10.1. The summed E-state index contributed by atoms with van der Waals surface area (Å²) in [5, 5.41) is 9.93. The molecule has 1 saturated heterocycles. The van der Waals surface area contributed by atoms with Crippen molar-refractivity contribution in [1.29, 1.82) is 5.26 Å². The molecular formula is C17H13Cl2N3O. The Kier molecular flexibility index (Phi) is 4.51. The number of hydrogen-bond donors (Lipinski definition) is 0. The maximum atomic E-state index is 12.3. The van der Waals surface area contributed by atoms with E-state index in [0.29, 0.717) is 40.8 Å². The summed E-state index contributed by atoms with van der Waals surface area (Å²) in [5.74, 6) is 0.0100. The molecule has 2 heterocycles. The summed E-state index contributed by atoms with van der Waals surface area (Å²) in [4.78, 5) is 18.3. The van der Waals surface area contributed by atoms with Crippen LogP contribution in [-0.4, -0.2) is 16.9 Å². The predicted octanol–water partition coefficient (Wildman–Crippen LogP) is 4.46. The van der Waals surface area contributed by atoms with Gasteiger partial charge < -0.3 is 4.90 Å². The minimum Gasteiger partial charge on any atom is -0.308 e. The first-order chi connectivity index (χ1) is 11.1. The number of anilines is 1. The Hall–Kier alpha value is -2.09. The van der Waals surface area contributed by atoms with Gasteiger partial charge in [-0.1, -0.05) is 29.3 Å². The Bertz CT molecular complexity index is 801. The molecule has 1 aromatic heterocycles. The standard InChI is InChI=1S/C17H13Cl2N3O/c18-11-4-6-15(22-12(8-9-20)5-7-17(22)23)13(10-11)14-2-1-3-16(19)21-14/h1-4,6,10,12H,5,7-8H2. The minimum absolute atomic E-state index is 0.0100. The highest BCUT2D eigenvalue weighted by atomic mass is 35.5. The minimum atomic E-state index is -0.119. The molecule has 3 rings (SSSR count). The third-order valence-electron chi connectivity index (χ3n) is 3.86. The molecule has 1 amide bonds. The molecule has 0 spiro atoms. The highest BCUT2D eigenvalue weighted by Crippen LogP contribution is 2.37. The third kappa shape index (κ3) is 3.17. The van der Waals surface area contributed by atoms with Crippen LogP contribution in [0, 0.1) is 11.3 Å². The van der Waals surface area contributed by atoms with Crippen LogP contribution in [-0.2, 0) is 4.79 Å². The van der Waals surface area contributed by atoms with Crippen LogP contribution in [0.2, 0.25) is 10.2 Å². The van der Waals surface area contributed by atoms with Gasteiger partial charge >= 0.3 is 0 Å². The van der Waals surface area contributed by atoms with E-state index >= 15 is 0 Å². The molecule has 6 heteroatoms. The van der Waals surface area contributed by atoms with Crippen LogP contribution in [0.3, 0.4) is 0 Å². The van der Waals surface area contributed by atoms with E-state index in [1.807, 2.05) is 6.07 Å². The predicted molar refractivity (Wildman–Crippen MR) is 90.4 cm³/mol. The van der Waals surface area contributed by atoms with Gasteiger partial charge in [0, 0.05) is 17.0 Å². The summed E-state index contributed by atoms with van der Waals surface area (Å²) in [6.45, 7) is 0. The van der Waals surface area contributed by atoms with Crippen molar-refractivity contribution in [2.45, 2.75) is 25.3 Å². The number of carbonyl (C=O) groups is 1. The fraction of sp³-hybridized carbons (Fsp3) is 0.235. The second-order valence-electron chi connectivity index (χ2n) is 5.33. The Balaban J connectivity index is 2.13. The zero-order chi connectivity index (χ0) is 16.4. The summed E-state index contributed by atoms with van der Waals surface area (Å²) in [7, 11) is 0. The molecular weight excluding hydrogens is 333 g/mol. The topological polar surface area (TPSA) is 57.0 Å². The number of pyridine rings is 1. The number of nitriles is 1. The van der Waals surface area contributed by atoms with Crippen LogP contribution in [0.4, 0.5) is 5.69 Å². The molecule has 2 aromatic rings. The number of benzene rings is 1. The quantitative estimate of drug-likeness (QED) is 0.771. The zero-order valence-corrected chi connectivity index (χ0v) is 13.7. The van der Waals surface area contributed by atoms with Gasteiger partial charge in [-0.3, -0.25) is 4.79 Å². The monoisotopic (exact) mass is 345 g/mol. The van der Waals surface area contributed by atoms with Crippen LogP contribution in [0.5, 0.6) is 0 Å². The van der Waals surface area contributed by atoms with Gasteiger partial charge in [0.1, 0.15) is 5.15 Å². The van der Waals surface area contributed by atoms with Gasteiger partial charge in [-0.2, -0.15) is 5.26 Å². The SMILES string of the molecule is N#CCC1CCC(=O)N1c1ccc(Cl)cc1-c1cccc(Cl)n1. The number of aromatic nitrogens is 1.